The summed E-state index contributed by atoms with van der Waals surface area (Å²) in [5.41, 5.74) is 1.54. The van der Waals surface area contributed by atoms with Gasteiger partial charge in [-0.25, -0.2) is 0 Å². The van der Waals surface area contributed by atoms with Crippen LogP contribution in [0.5, 0.6) is 0 Å². The molecular formula is C24H25ClN2O4. The molecule has 4 atom stereocenters. The number of imide groups is 1. The molecule has 0 unspecified atom stereocenters. The molecule has 0 aromatic heterocycles. The van der Waals surface area contributed by atoms with Crippen LogP contribution < -0.4 is 5.32 Å². The largest absolute Gasteiger partial charge is 0.465 e. The van der Waals surface area contributed by atoms with Gasteiger partial charge in [0, 0.05) is 17.6 Å². The van der Waals surface area contributed by atoms with Gasteiger partial charge in [0.25, 0.3) is 0 Å². The van der Waals surface area contributed by atoms with Gasteiger partial charge in [0.05, 0.1) is 18.4 Å². The number of halogens is 1. The van der Waals surface area contributed by atoms with Gasteiger partial charge in [-0.05, 0) is 49.6 Å². The summed E-state index contributed by atoms with van der Waals surface area (Å²) in [4.78, 5) is 40.2. The molecule has 2 aromatic carbocycles. The number of esters is 1. The van der Waals surface area contributed by atoms with Gasteiger partial charge in [-0.15, -0.1) is 0 Å². The minimum absolute atomic E-state index is 0.201. The summed E-state index contributed by atoms with van der Waals surface area (Å²) in [5, 5.41) is 3.93. The van der Waals surface area contributed by atoms with E-state index < -0.39 is 29.4 Å². The van der Waals surface area contributed by atoms with Crippen LogP contribution in [0.2, 0.25) is 5.02 Å². The van der Waals surface area contributed by atoms with Crippen LogP contribution >= 0.6 is 11.6 Å². The van der Waals surface area contributed by atoms with Crippen molar-refractivity contribution in [2.75, 3.05) is 13.2 Å². The number of fused-ring (bicyclic) bond motifs is 1. The van der Waals surface area contributed by atoms with E-state index in [2.05, 4.69) is 5.32 Å². The highest BCUT2D eigenvalue weighted by Gasteiger charge is 2.66. The van der Waals surface area contributed by atoms with Crippen molar-refractivity contribution < 1.29 is 19.1 Å². The maximum Gasteiger partial charge on any atom is 0.326 e. The second kappa shape index (κ2) is 8.09. The highest BCUT2D eigenvalue weighted by molar-refractivity contribution is 6.30. The molecule has 0 radical (unpaired) electrons. The average molecular weight is 441 g/mol. The Morgan fingerprint density at radius 1 is 1.10 bits per heavy atom. The number of likely N-dealkylation sites (tertiary alicyclic amines) is 1. The molecule has 4 rings (SSSR count). The van der Waals surface area contributed by atoms with Crippen molar-refractivity contribution in [3.05, 3.63) is 59.1 Å². The number of rotatable bonds is 5. The lowest BCUT2D eigenvalue weighted by Gasteiger charge is -2.29. The third-order valence-corrected chi connectivity index (χ3v) is 6.56. The van der Waals surface area contributed by atoms with Crippen molar-refractivity contribution in [2.24, 2.45) is 11.8 Å². The van der Waals surface area contributed by atoms with Crippen LogP contribution in [0.3, 0.4) is 0 Å². The molecular weight excluding hydrogens is 416 g/mol. The van der Waals surface area contributed by atoms with Crippen molar-refractivity contribution in [3.8, 4) is 11.1 Å². The summed E-state index contributed by atoms with van der Waals surface area (Å²) in [6.45, 7) is 5.63. The number of hydrogen-bond donors (Lipinski definition) is 1. The standard InChI is InChI=1S/C24H25ClN2O4/c1-4-27-21(28)18-19(22(27)29)24(3,23(30)31-5-2)26-20(18)15-11-9-14(10-12-15)16-7-6-8-17(25)13-16/h6-13,18-20,26H,4-5H2,1-3H3/t18-,19-,20-,24-/m1/s1. The summed E-state index contributed by atoms with van der Waals surface area (Å²) in [5.74, 6) is -2.53. The molecule has 2 amide bonds. The van der Waals surface area contributed by atoms with Gasteiger partial charge in [-0.1, -0.05) is 48.0 Å². The van der Waals surface area contributed by atoms with Crippen LogP contribution in [-0.2, 0) is 19.1 Å². The normalized spacial score (nSPS) is 27.5. The lowest BCUT2D eigenvalue weighted by molar-refractivity contribution is -0.155. The lowest BCUT2D eigenvalue weighted by atomic mass is 9.80. The Hall–Kier alpha value is -2.70. The number of nitrogens with zero attached hydrogens (tertiary/aromatic N) is 1. The van der Waals surface area contributed by atoms with E-state index in [9.17, 15) is 14.4 Å². The number of amides is 2. The summed E-state index contributed by atoms with van der Waals surface area (Å²) < 4.78 is 5.27. The zero-order valence-corrected chi connectivity index (χ0v) is 18.5. The zero-order valence-electron chi connectivity index (χ0n) is 17.7. The first kappa shape index (κ1) is 21.5. The van der Waals surface area contributed by atoms with Gasteiger partial charge in [0.1, 0.15) is 5.54 Å². The number of ether oxygens (including phenoxy) is 1. The fraction of sp³-hybridized carbons (Fsp3) is 0.375. The number of benzene rings is 2. The molecule has 162 valence electrons. The summed E-state index contributed by atoms with van der Waals surface area (Å²) >= 11 is 6.11. The Bertz CT molecular complexity index is 1040. The van der Waals surface area contributed by atoms with E-state index in [1.54, 1.807) is 20.8 Å². The van der Waals surface area contributed by atoms with Gasteiger partial charge in [0.15, 0.2) is 0 Å². The molecule has 0 bridgehead atoms. The first-order chi connectivity index (χ1) is 14.8. The number of carbonyl (C=O) groups is 3. The summed E-state index contributed by atoms with van der Waals surface area (Å²) in [7, 11) is 0. The minimum Gasteiger partial charge on any atom is -0.465 e. The molecule has 2 heterocycles. The van der Waals surface area contributed by atoms with Gasteiger partial charge >= 0.3 is 5.97 Å². The van der Waals surface area contributed by atoms with Gasteiger partial charge in [-0.3, -0.25) is 24.6 Å². The molecule has 2 aromatic rings. The molecule has 7 heteroatoms. The van der Waals surface area contributed by atoms with Gasteiger partial charge < -0.3 is 4.74 Å². The van der Waals surface area contributed by atoms with E-state index in [1.165, 1.54) is 4.90 Å². The third kappa shape index (κ3) is 3.44. The van der Waals surface area contributed by atoms with Crippen molar-refractivity contribution >= 4 is 29.4 Å². The van der Waals surface area contributed by atoms with E-state index in [-0.39, 0.29) is 25.0 Å². The molecule has 0 aliphatic carbocycles. The first-order valence-corrected chi connectivity index (χ1v) is 10.9. The highest BCUT2D eigenvalue weighted by atomic mass is 35.5. The predicted molar refractivity (Wildman–Crippen MR) is 117 cm³/mol. The van der Waals surface area contributed by atoms with E-state index in [1.807, 2.05) is 48.5 Å². The zero-order chi connectivity index (χ0) is 22.3. The quantitative estimate of drug-likeness (QED) is 0.568. The molecule has 2 saturated heterocycles. The van der Waals surface area contributed by atoms with E-state index >= 15 is 0 Å². The van der Waals surface area contributed by atoms with Crippen LogP contribution in [-0.4, -0.2) is 41.4 Å². The van der Waals surface area contributed by atoms with E-state index in [0.717, 1.165) is 16.7 Å². The van der Waals surface area contributed by atoms with Crippen LogP contribution in [0.1, 0.15) is 32.4 Å². The molecule has 2 aliphatic rings. The second-order valence-corrected chi connectivity index (χ2v) is 8.54. The topological polar surface area (TPSA) is 75.7 Å². The Balaban J connectivity index is 1.71. The molecule has 6 nitrogen and oxygen atoms in total. The van der Waals surface area contributed by atoms with Crippen LogP contribution in [0.25, 0.3) is 11.1 Å². The number of carbonyl (C=O) groups excluding carboxylic acids is 3. The minimum atomic E-state index is -1.27. The SMILES string of the molecule is CCOC(=O)[C@]1(C)N[C@H](c2ccc(-c3cccc(Cl)c3)cc2)[C@@H]2C(=O)N(CC)C(=O)[C@@H]21. The molecule has 2 fully saturated rings. The molecule has 0 spiro atoms. The monoisotopic (exact) mass is 440 g/mol. The third-order valence-electron chi connectivity index (χ3n) is 6.32. The van der Waals surface area contributed by atoms with Crippen molar-refractivity contribution in [3.63, 3.8) is 0 Å². The Labute approximate surface area is 186 Å². The lowest BCUT2D eigenvalue weighted by Crippen LogP contribution is -2.54. The molecule has 1 N–H and O–H groups in total. The van der Waals surface area contributed by atoms with Crippen LogP contribution in [0.15, 0.2) is 48.5 Å². The number of hydrogen-bond acceptors (Lipinski definition) is 5. The maximum atomic E-state index is 13.1. The van der Waals surface area contributed by atoms with Gasteiger partial charge in [-0.2, -0.15) is 0 Å². The molecule has 0 saturated carbocycles. The fourth-order valence-corrected chi connectivity index (χ4v) is 5.01. The van der Waals surface area contributed by atoms with Crippen molar-refractivity contribution in [2.45, 2.75) is 32.4 Å². The Morgan fingerprint density at radius 3 is 2.42 bits per heavy atom. The van der Waals surface area contributed by atoms with Gasteiger partial charge in [0.2, 0.25) is 11.8 Å². The highest BCUT2D eigenvalue weighted by Crippen LogP contribution is 2.49. The average Bonchev–Trinajstić information content (AvgIpc) is 3.22. The molecule has 2 aliphatic heterocycles. The van der Waals surface area contributed by atoms with Crippen molar-refractivity contribution in [1.82, 2.24) is 10.2 Å². The van der Waals surface area contributed by atoms with Crippen molar-refractivity contribution in [1.29, 1.82) is 0 Å². The van der Waals surface area contributed by atoms with Crippen LogP contribution in [0, 0.1) is 11.8 Å². The fourth-order valence-electron chi connectivity index (χ4n) is 4.82. The van der Waals surface area contributed by atoms with E-state index in [0.29, 0.717) is 5.02 Å². The van der Waals surface area contributed by atoms with Crippen LogP contribution in [0.4, 0.5) is 0 Å². The smallest absolute Gasteiger partial charge is 0.326 e. The molecule has 31 heavy (non-hydrogen) atoms. The summed E-state index contributed by atoms with van der Waals surface area (Å²) in [6.07, 6.45) is 0. The summed E-state index contributed by atoms with van der Waals surface area (Å²) in [6, 6.07) is 14.9. The van der Waals surface area contributed by atoms with E-state index in [4.69, 9.17) is 16.3 Å². The second-order valence-electron chi connectivity index (χ2n) is 8.10. The maximum absolute atomic E-state index is 13.1. The first-order valence-electron chi connectivity index (χ1n) is 10.5. The Morgan fingerprint density at radius 2 is 1.81 bits per heavy atom. The number of nitrogens with one attached hydrogen (secondary N) is 1. The Kier molecular flexibility index (Phi) is 5.62. The predicted octanol–water partition coefficient (Wildman–Crippen LogP) is 3.59.